The number of amides is 4. The molecule has 2 saturated carbocycles. The molecule has 2 aliphatic carbocycles. The molecule has 0 N–H and O–H groups in total. The lowest BCUT2D eigenvalue weighted by molar-refractivity contribution is -0.144. The summed E-state index contributed by atoms with van der Waals surface area (Å²) < 4.78 is 2.93. The summed E-state index contributed by atoms with van der Waals surface area (Å²) in [7, 11) is 0. The SMILES string of the molecule is CCCCCCCCC1C(CCCCCC)CCC(CCCCCCCCC(C)(CCCCCCC)n2c(=O)c3cc4c(=O)n(CCCCCCCCC5C(CCCCCCCCC(C)(CC)N6C(=O)C=CC6=O)CCC(CCCCCC)C5CCCCCCCC)c(=O)c4cc3c2=O)C1CCCCCCCCN1C(=O)C=CC1=O. The maximum Gasteiger partial charge on any atom is 0.262 e. The highest BCUT2D eigenvalue weighted by atomic mass is 16.2. The van der Waals surface area contributed by atoms with Crippen molar-refractivity contribution >= 4 is 45.2 Å². The maximum absolute atomic E-state index is 14.8. The Morgan fingerprint density at radius 2 is 0.513 bits per heavy atom. The molecule has 12 nitrogen and oxygen atoms in total. The first kappa shape index (κ1) is 97.4. The van der Waals surface area contributed by atoms with Gasteiger partial charge in [-0.25, -0.2) is 0 Å². The van der Waals surface area contributed by atoms with E-state index in [0.717, 1.165) is 169 Å². The predicted molar refractivity (Wildman–Crippen MR) is 486 cm³/mol. The van der Waals surface area contributed by atoms with Gasteiger partial charge >= 0.3 is 0 Å². The van der Waals surface area contributed by atoms with Crippen LogP contribution in [0.15, 0.2) is 55.6 Å². The van der Waals surface area contributed by atoms with Crippen LogP contribution < -0.4 is 22.2 Å². The van der Waals surface area contributed by atoms with Crippen molar-refractivity contribution in [3.05, 3.63) is 77.9 Å². The smallest absolute Gasteiger partial charge is 0.262 e. The monoisotopic (exact) mass is 1590 g/mol. The van der Waals surface area contributed by atoms with Crippen LogP contribution in [0.2, 0.25) is 0 Å². The standard InChI is InChI=1S/C103H172N4O8/c1-9-15-20-25-37-50-63-86-82(59-46-23-18-12-4)68-70-85(88(86)65-52-39-29-33-44-57-78-104-94(108)71-72-95(104)109)62-49-36-28-32-43-56-77-103(8,76-55-41-22-17-11-3)107-100(114)92-80-90-91(81-93(92)101(107)115)99(113)105(98(90)112)79-58-45-34-30-40-53-66-89-84(69-67-83(60-47-24-19-13-5)87(89)64-51-38-26-21-16-10-2)61-48-35-27-31-42-54-75-102(7,14-6)106-96(110)73-74-97(106)111/h71-74,80-89H,9-70,75-79H2,1-8H3. The van der Waals surface area contributed by atoms with Gasteiger partial charge in [-0.05, 0) is 163 Å². The number of imide groups is 2. The molecule has 12 heteroatoms. The molecule has 2 aliphatic heterocycles. The number of fused-ring (bicyclic) bond motifs is 2. The topological polar surface area (TPSA) is 153 Å². The minimum atomic E-state index is -0.665. The highest BCUT2D eigenvalue weighted by Crippen LogP contribution is 2.50. The maximum atomic E-state index is 14.8. The molecular formula is C103H172N4O8. The largest absolute Gasteiger partial charge is 0.275 e. The number of benzene rings is 1. The van der Waals surface area contributed by atoms with Crippen LogP contribution in [0.25, 0.3) is 21.5 Å². The second kappa shape index (κ2) is 55.2. The third-order valence-electron chi connectivity index (χ3n) is 29.7. The molecule has 1 aromatic carbocycles. The van der Waals surface area contributed by atoms with Crippen LogP contribution in [0.1, 0.15) is 473 Å². The van der Waals surface area contributed by atoms with Crippen LogP contribution in [-0.4, -0.2) is 54.6 Å². The summed E-state index contributed by atoms with van der Waals surface area (Å²) in [4.78, 5) is 110. The summed E-state index contributed by atoms with van der Waals surface area (Å²) in [5, 5.41) is 1.09. The zero-order valence-electron chi connectivity index (χ0n) is 75.5. The van der Waals surface area contributed by atoms with E-state index in [2.05, 4.69) is 55.4 Å². The van der Waals surface area contributed by atoms with Gasteiger partial charge in [0.1, 0.15) is 0 Å². The molecule has 2 aromatic heterocycles. The van der Waals surface area contributed by atoms with Gasteiger partial charge in [-0.15, -0.1) is 0 Å². The number of carbonyl (C=O) groups is 4. The summed E-state index contributed by atoms with van der Waals surface area (Å²) in [6.45, 7) is 18.7. The number of unbranched alkanes of at least 4 members (excludes halogenated alkanes) is 40. The van der Waals surface area contributed by atoms with Crippen molar-refractivity contribution in [1.82, 2.24) is 18.9 Å². The normalized spacial score (nSPS) is 21.1. The molecule has 0 bridgehead atoms. The van der Waals surface area contributed by atoms with Crippen molar-refractivity contribution in [2.45, 2.75) is 490 Å². The first-order chi connectivity index (χ1) is 56.0. The summed E-state index contributed by atoms with van der Waals surface area (Å²) in [6, 6.07) is 3.20. The van der Waals surface area contributed by atoms with Gasteiger partial charge < -0.3 is 0 Å². The van der Waals surface area contributed by atoms with E-state index in [-0.39, 0.29) is 67.4 Å². The van der Waals surface area contributed by atoms with Crippen LogP contribution >= 0.6 is 0 Å². The van der Waals surface area contributed by atoms with Crippen LogP contribution in [0.3, 0.4) is 0 Å². The van der Waals surface area contributed by atoms with E-state index in [1.54, 1.807) is 16.7 Å². The van der Waals surface area contributed by atoms with E-state index in [0.29, 0.717) is 13.1 Å². The van der Waals surface area contributed by atoms with Gasteiger partial charge in [-0.1, -0.05) is 369 Å². The summed E-state index contributed by atoms with van der Waals surface area (Å²) in [5.74, 6) is 6.06. The van der Waals surface area contributed by atoms with Crippen molar-refractivity contribution in [3.8, 4) is 0 Å². The quantitative estimate of drug-likeness (QED) is 0.0400. The third kappa shape index (κ3) is 31.3. The molecule has 115 heavy (non-hydrogen) atoms. The second-order valence-corrected chi connectivity index (χ2v) is 38.5. The van der Waals surface area contributed by atoms with Gasteiger partial charge in [0, 0.05) is 48.5 Å². The van der Waals surface area contributed by atoms with Crippen molar-refractivity contribution < 1.29 is 19.2 Å². The molecule has 652 valence electrons. The van der Waals surface area contributed by atoms with Gasteiger partial charge in [0.2, 0.25) is 0 Å². The zero-order chi connectivity index (χ0) is 82.5. The lowest BCUT2D eigenvalue weighted by Gasteiger charge is -2.44. The second-order valence-electron chi connectivity index (χ2n) is 38.5. The van der Waals surface area contributed by atoms with Gasteiger partial charge in [0.25, 0.3) is 45.9 Å². The Morgan fingerprint density at radius 1 is 0.270 bits per heavy atom. The van der Waals surface area contributed by atoms with Crippen molar-refractivity contribution in [2.24, 2.45) is 47.3 Å². The van der Waals surface area contributed by atoms with Crippen LogP contribution in [0, 0.1) is 47.3 Å². The van der Waals surface area contributed by atoms with E-state index in [9.17, 15) is 38.4 Å². The molecule has 4 aliphatic rings. The molecule has 0 spiro atoms. The Labute approximate surface area is 701 Å². The first-order valence-electron chi connectivity index (χ1n) is 50.0. The third-order valence-corrected chi connectivity index (χ3v) is 29.7. The number of hydrogen-bond acceptors (Lipinski definition) is 8. The molecule has 0 saturated heterocycles. The van der Waals surface area contributed by atoms with E-state index in [1.165, 1.54) is 334 Å². The van der Waals surface area contributed by atoms with E-state index < -0.39 is 11.1 Å². The molecule has 7 rings (SSSR count). The Bertz CT molecular complexity index is 3400. The van der Waals surface area contributed by atoms with Crippen LogP contribution in [0.4, 0.5) is 0 Å². The minimum absolute atomic E-state index is 0.164. The number of nitrogens with zero attached hydrogens (tertiary/aromatic N) is 4. The number of carbonyl (C=O) groups excluding carboxylic acids is 4. The van der Waals surface area contributed by atoms with Crippen LogP contribution in [0.5, 0.6) is 0 Å². The molecule has 2 fully saturated rings. The van der Waals surface area contributed by atoms with Gasteiger partial charge in [-0.3, -0.25) is 57.3 Å². The predicted octanol–water partition coefficient (Wildman–Crippen LogP) is 27.7. The Balaban J connectivity index is 0.907. The Morgan fingerprint density at radius 3 is 0.826 bits per heavy atom. The van der Waals surface area contributed by atoms with Crippen molar-refractivity contribution in [3.63, 3.8) is 0 Å². The van der Waals surface area contributed by atoms with Crippen molar-refractivity contribution in [1.29, 1.82) is 0 Å². The highest BCUT2D eigenvalue weighted by molar-refractivity contribution is 6.14. The molecule has 0 radical (unpaired) electrons. The molecule has 4 heterocycles. The Kier molecular flexibility index (Phi) is 46.8. The van der Waals surface area contributed by atoms with Crippen molar-refractivity contribution in [2.75, 3.05) is 6.54 Å². The molecule has 10 atom stereocenters. The Hall–Kier alpha value is -4.74. The van der Waals surface area contributed by atoms with E-state index in [1.807, 2.05) is 0 Å². The summed E-state index contributed by atoms with van der Waals surface area (Å²) in [6.07, 6.45) is 85.7. The van der Waals surface area contributed by atoms with E-state index in [4.69, 9.17) is 0 Å². The zero-order valence-corrected chi connectivity index (χ0v) is 75.5. The minimum Gasteiger partial charge on any atom is -0.275 e. The number of aromatic nitrogens is 2. The average Bonchev–Trinajstić information content (AvgIpc) is 1.57. The molecule has 4 amide bonds. The van der Waals surface area contributed by atoms with Gasteiger partial charge in [0.05, 0.1) is 21.5 Å². The fraction of sp³-hybridized carbons (Fsp3) is 0.825. The number of hydrogen-bond donors (Lipinski definition) is 0. The summed E-state index contributed by atoms with van der Waals surface area (Å²) in [5.41, 5.74) is -2.37. The lowest BCUT2D eigenvalue weighted by atomic mass is 9.61. The van der Waals surface area contributed by atoms with E-state index >= 15 is 0 Å². The van der Waals surface area contributed by atoms with Gasteiger partial charge in [-0.2, -0.15) is 0 Å². The molecular weight excluding hydrogens is 1420 g/mol. The highest BCUT2D eigenvalue weighted by Gasteiger charge is 2.42. The average molecular weight is 1590 g/mol. The fourth-order valence-electron chi connectivity index (χ4n) is 22.5. The summed E-state index contributed by atoms with van der Waals surface area (Å²) >= 11 is 0. The molecule has 3 aromatic rings. The fourth-order valence-corrected chi connectivity index (χ4v) is 22.5. The first-order valence-corrected chi connectivity index (χ1v) is 50.0. The lowest BCUT2D eigenvalue weighted by Crippen LogP contribution is -2.49. The number of rotatable bonds is 69. The van der Waals surface area contributed by atoms with Gasteiger partial charge in [0.15, 0.2) is 0 Å². The van der Waals surface area contributed by atoms with Crippen LogP contribution in [-0.2, 0) is 31.3 Å². The molecule has 10 unspecified atom stereocenters.